The molecule has 0 fully saturated rings. The molecule has 4 nitrogen and oxygen atoms in total. The van der Waals surface area contributed by atoms with Gasteiger partial charge in [0.05, 0.1) is 15.6 Å². The number of amides is 1. The molecule has 4 aromatic carbocycles. The van der Waals surface area contributed by atoms with E-state index in [1.807, 2.05) is 18.2 Å². The van der Waals surface area contributed by atoms with Crippen molar-refractivity contribution in [3.63, 3.8) is 0 Å². The maximum absolute atomic E-state index is 12.8. The number of hydrogen-bond acceptors (Lipinski definition) is 2. The van der Waals surface area contributed by atoms with Gasteiger partial charge >= 0.3 is 12.1 Å². The zero-order valence-electron chi connectivity index (χ0n) is 19.6. The molecule has 0 spiro atoms. The molecule has 194 valence electrons. The van der Waals surface area contributed by atoms with E-state index in [-0.39, 0.29) is 12.0 Å². The first-order valence-corrected chi connectivity index (χ1v) is 12.1. The molecule has 4 rings (SSSR count). The Hall–Kier alpha value is -3.81. The molecule has 0 aliphatic heterocycles. The number of benzene rings is 4. The van der Waals surface area contributed by atoms with Crippen LogP contribution in [-0.2, 0) is 17.4 Å². The number of carboxylic acids is 1. The number of rotatable bonds is 7. The van der Waals surface area contributed by atoms with Gasteiger partial charge in [-0.1, -0.05) is 77.8 Å². The molecule has 0 aromatic heterocycles. The van der Waals surface area contributed by atoms with Crippen LogP contribution in [0.15, 0.2) is 91.0 Å². The normalized spacial score (nSPS) is 12.1. The van der Waals surface area contributed by atoms with E-state index < -0.39 is 29.7 Å². The summed E-state index contributed by atoms with van der Waals surface area (Å²) >= 11 is 12.0. The van der Waals surface area contributed by atoms with Crippen LogP contribution in [0.25, 0.3) is 22.3 Å². The summed E-state index contributed by atoms with van der Waals surface area (Å²) in [4.78, 5) is 24.6. The molecular formula is C29H20Cl2F3NO3. The molecule has 2 N–H and O–H groups in total. The highest BCUT2D eigenvalue weighted by molar-refractivity contribution is 6.42. The number of hydrogen-bond donors (Lipinski definition) is 2. The molecule has 1 atom stereocenters. The summed E-state index contributed by atoms with van der Waals surface area (Å²) in [6.45, 7) is 0. The van der Waals surface area contributed by atoms with Gasteiger partial charge in [0.1, 0.15) is 6.04 Å². The zero-order valence-corrected chi connectivity index (χ0v) is 21.1. The molecule has 0 heterocycles. The van der Waals surface area contributed by atoms with Crippen LogP contribution in [0.2, 0.25) is 10.0 Å². The molecule has 0 radical (unpaired) electrons. The number of carbonyl (C=O) groups excluding carboxylic acids is 1. The van der Waals surface area contributed by atoms with Crippen LogP contribution in [0.1, 0.15) is 21.5 Å². The van der Waals surface area contributed by atoms with Crippen molar-refractivity contribution >= 4 is 35.1 Å². The van der Waals surface area contributed by atoms with Crippen LogP contribution in [0, 0.1) is 0 Å². The molecule has 0 aliphatic rings. The van der Waals surface area contributed by atoms with Crippen molar-refractivity contribution in [1.82, 2.24) is 5.32 Å². The molecule has 9 heteroatoms. The van der Waals surface area contributed by atoms with Gasteiger partial charge in [-0.3, -0.25) is 4.79 Å². The van der Waals surface area contributed by atoms with E-state index in [0.29, 0.717) is 26.7 Å². The highest BCUT2D eigenvalue weighted by Gasteiger charge is 2.30. The van der Waals surface area contributed by atoms with Crippen LogP contribution >= 0.6 is 23.2 Å². The van der Waals surface area contributed by atoms with E-state index in [0.717, 1.165) is 23.3 Å². The minimum atomic E-state index is -4.42. The van der Waals surface area contributed by atoms with Crippen molar-refractivity contribution < 1.29 is 27.9 Å². The van der Waals surface area contributed by atoms with E-state index in [1.165, 1.54) is 24.3 Å². The van der Waals surface area contributed by atoms with E-state index >= 15 is 0 Å². The van der Waals surface area contributed by atoms with Crippen molar-refractivity contribution in [3.05, 3.63) is 118 Å². The first-order chi connectivity index (χ1) is 18.0. The van der Waals surface area contributed by atoms with Gasteiger partial charge in [-0.25, -0.2) is 4.79 Å². The summed E-state index contributed by atoms with van der Waals surface area (Å²) in [5, 5.41) is 13.1. The lowest BCUT2D eigenvalue weighted by atomic mass is 10.00. The average molecular weight is 558 g/mol. The van der Waals surface area contributed by atoms with Crippen LogP contribution in [0.5, 0.6) is 0 Å². The summed E-state index contributed by atoms with van der Waals surface area (Å²) in [6.07, 6.45) is -4.36. The topological polar surface area (TPSA) is 66.4 Å². The second kappa shape index (κ2) is 11.3. The Morgan fingerprint density at radius 1 is 0.737 bits per heavy atom. The number of nitrogens with one attached hydrogen (secondary N) is 1. The average Bonchev–Trinajstić information content (AvgIpc) is 2.90. The smallest absolute Gasteiger partial charge is 0.416 e. The quantitative estimate of drug-likeness (QED) is 0.244. The van der Waals surface area contributed by atoms with E-state index in [4.69, 9.17) is 23.2 Å². The van der Waals surface area contributed by atoms with Crippen LogP contribution in [-0.4, -0.2) is 23.0 Å². The predicted octanol–water partition coefficient (Wildman–Crippen LogP) is 7.77. The highest BCUT2D eigenvalue weighted by Crippen LogP contribution is 2.31. The number of aliphatic carboxylic acids is 1. The first kappa shape index (κ1) is 27.2. The summed E-state index contributed by atoms with van der Waals surface area (Å²) in [5.74, 6) is -1.77. The van der Waals surface area contributed by atoms with Crippen LogP contribution in [0.3, 0.4) is 0 Å². The summed E-state index contributed by atoms with van der Waals surface area (Å²) in [6, 6.07) is 22.2. The first-order valence-electron chi connectivity index (χ1n) is 11.4. The molecule has 0 bridgehead atoms. The fourth-order valence-corrected chi connectivity index (χ4v) is 4.15. The molecule has 38 heavy (non-hydrogen) atoms. The molecular weight excluding hydrogens is 538 g/mol. The van der Waals surface area contributed by atoms with Gasteiger partial charge in [0.15, 0.2) is 0 Å². The van der Waals surface area contributed by atoms with E-state index in [9.17, 15) is 27.9 Å². The van der Waals surface area contributed by atoms with Gasteiger partial charge in [0, 0.05) is 12.0 Å². The summed E-state index contributed by atoms with van der Waals surface area (Å²) in [7, 11) is 0. The second-order valence-corrected chi connectivity index (χ2v) is 9.36. The molecule has 1 unspecified atom stereocenters. The van der Waals surface area contributed by atoms with E-state index in [1.54, 1.807) is 36.4 Å². The standard InChI is InChI=1S/C29H20Cl2F3NO3/c30-24-14-11-22(16-25(24)31)20-3-1-17(2-4-20)15-26(28(37)38)35-27(36)21-7-5-18(6-8-21)19-9-12-23(13-10-19)29(32,33)34/h1-14,16,26H,15H2,(H,35,36)(H,37,38). The lowest BCUT2D eigenvalue weighted by Crippen LogP contribution is -2.42. The Bertz CT molecular complexity index is 1450. The van der Waals surface area contributed by atoms with Crippen LogP contribution in [0.4, 0.5) is 13.2 Å². The minimum absolute atomic E-state index is 0.0619. The van der Waals surface area contributed by atoms with Crippen molar-refractivity contribution in [2.75, 3.05) is 0 Å². The van der Waals surface area contributed by atoms with Crippen LogP contribution < -0.4 is 5.32 Å². The Balaban J connectivity index is 1.42. The lowest BCUT2D eigenvalue weighted by Gasteiger charge is -2.15. The van der Waals surface area contributed by atoms with Crippen molar-refractivity contribution in [3.8, 4) is 22.3 Å². The monoisotopic (exact) mass is 557 g/mol. The van der Waals surface area contributed by atoms with Gasteiger partial charge in [-0.05, 0) is 64.2 Å². The third-order valence-electron chi connectivity index (χ3n) is 5.94. The van der Waals surface area contributed by atoms with Crippen molar-refractivity contribution in [1.29, 1.82) is 0 Å². The second-order valence-electron chi connectivity index (χ2n) is 8.55. The van der Waals surface area contributed by atoms with Gasteiger partial charge < -0.3 is 10.4 Å². The molecule has 0 aliphatic carbocycles. The number of carboxylic acid groups (broad SMARTS) is 1. The molecule has 4 aromatic rings. The fraction of sp³-hybridized carbons (Fsp3) is 0.103. The maximum Gasteiger partial charge on any atom is 0.416 e. The van der Waals surface area contributed by atoms with Gasteiger partial charge in [-0.15, -0.1) is 0 Å². The predicted molar refractivity (Wildman–Crippen MR) is 141 cm³/mol. The minimum Gasteiger partial charge on any atom is -0.480 e. The SMILES string of the molecule is O=C(NC(Cc1ccc(-c2ccc(Cl)c(Cl)c2)cc1)C(=O)O)c1ccc(-c2ccc(C(F)(F)F)cc2)cc1. The van der Waals surface area contributed by atoms with Gasteiger partial charge in [0.25, 0.3) is 5.91 Å². The summed E-state index contributed by atoms with van der Waals surface area (Å²) in [5.41, 5.74) is 3.08. The number of halogens is 5. The molecule has 0 saturated heterocycles. The Morgan fingerprint density at radius 2 is 1.24 bits per heavy atom. The third kappa shape index (κ3) is 6.54. The molecule has 0 saturated carbocycles. The fourth-order valence-electron chi connectivity index (χ4n) is 3.85. The largest absolute Gasteiger partial charge is 0.480 e. The molecule has 1 amide bonds. The number of alkyl halides is 3. The van der Waals surface area contributed by atoms with Gasteiger partial charge in [0.2, 0.25) is 0 Å². The lowest BCUT2D eigenvalue weighted by molar-refractivity contribution is -0.139. The Morgan fingerprint density at radius 3 is 1.76 bits per heavy atom. The van der Waals surface area contributed by atoms with Crippen molar-refractivity contribution in [2.24, 2.45) is 0 Å². The zero-order chi connectivity index (χ0) is 27.4. The number of carbonyl (C=O) groups is 2. The van der Waals surface area contributed by atoms with E-state index in [2.05, 4.69) is 5.32 Å². The Labute approximate surface area is 226 Å². The van der Waals surface area contributed by atoms with Crippen molar-refractivity contribution in [2.45, 2.75) is 18.6 Å². The summed E-state index contributed by atoms with van der Waals surface area (Å²) < 4.78 is 38.3. The Kier molecular flexibility index (Phi) is 8.09. The third-order valence-corrected chi connectivity index (χ3v) is 6.68. The van der Waals surface area contributed by atoms with Gasteiger partial charge in [-0.2, -0.15) is 13.2 Å². The maximum atomic E-state index is 12.8. The highest BCUT2D eigenvalue weighted by atomic mass is 35.5.